The van der Waals surface area contributed by atoms with E-state index in [1.165, 1.54) is 49.6 Å². The van der Waals surface area contributed by atoms with E-state index in [-0.39, 0.29) is 0 Å². The monoisotopic (exact) mass is 515 g/mol. The second-order valence-corrected chi connectivity index (χ2v) is 9.20. The van der Waals surface area contributed by atoms with E-state index in [0.717, 1.165) is 22.3 Å². The van der Waals surface area contributed by atoms with E-state index < -0.39 is 0 Å². The molecule has 0 saturated carbocycles. The molecule has 2 heterocycles. The minimum absolute atomic E-state index is 1.02. The molecule has 0 atom stereocenters. The molecule has 40 heavy (non-hydrogen) atoms. The standard InChI is InChI=1S/C30H18N4.C5H7N/c1-3-20(4-2-19(1)23-13-31-17-32-14-23)25-9-7-21-5-6-22-8-10-26(24-15-33-18-34-16-24)28-12-11-27(25)29(21)30(22)28;1-3-5-6-4-2/h1-18H;3-5H,1-2H2. The highest BCUT2D eigenvalue weighted by Gasteiger charge is 2.15. The number of nitrogens with zero attached hydrogens (tertiary/aromatic N) is 5. The van der Waals surface area contributed by atoms with Gasteiger partial charge in [-0.2, -0.15) is 0 Å². The molecule has 0 radical (unpaired) electrons. The average Bonchev–Trinajstić information content (AvgIpc) is 3.03. The van der Waals surface area contributed by atoms with Gasteiger partial charge in [0.2, 0.25) is 0 Å². The molecule has 0 N–H and O–H groups in total. The summed E-state index contributed by atoms with van der Waals surface area (Å²) in [6.07, 6.45) is 15.2. The molecule has 190 valence electrons. The van der Waals surface area contributed by atoms with Crippen molar-refractivity contribution in [1.82, 2.24) is 19.9 Å². The molecule has 7 aromatic rings. The zero-order valence-corrected chi connectivity index (χ0v) is 21.8. The van der Waals surface area contributed by atoms with E-state index in [1.54, 1.807) is 24.9 Å². The fourth-order valence-electron chi connectivity index (χ4n) is 5.15. The molecule has 0 aliphatic rings. The van der Waals surface area contributed by atoms with Crippen LogP contribution in [0.3, 0.4) is 0 Å². The van der Waals surface area contributed by atoms with Crippen LogP contribution >= 0.6 is 0 Å². The third kappa shape index (κ3) is 4.61. The van der Waals surface area contributed by atoms with Gasteiger partial charge in [-0.25, -0.2) is 19.9 Å². The van der Waals surface area contributed by atoms with Crippen molar-refractivity contribution in [2.45, 2.75) is 0 Å². The molecule has 2 aromatic heterocycles. The molecule has 5 nitrogen and oxygen atoms in total. The fourth-order valence-corrected chi connectivity index (χ4v) is 5.15. The molecule has 7 rings (SSSR count). The number of allylic oxidation sites excluding steroid dienone is 1. The number of aromatic nitrogens is 4. The molecule has 0 amide bonds. The summed E-state index contributed by atoms with van der Waals surface area (Å²) in [7, 11) is 0. The molecule has 0 fully saturated rings. The van der Waals surface area contributed by atoms with Gasteiger partial charge in [0.1, 0.15) is 12.7 Å². The smallest absolute Gasteiger partial charge is 0.115 e. The van der Waals surface area contributed by atoms with Crippen LogP contribution in [0.5, 0.6) is 0 Å². The van der Waals surface area contributed by atoms with Crippen molar-refractivity contribution >= 4 is 38.5 Å². The van der Waals surface area contributed by atoms with Crippen molar-refractivity contribution in [2.24, 2.45) is 4.99 Å². The summed E-state index contributed by atoms with van der Waals surface area (Å²) in [6, 6.07) is 26.4. The molecule has 0 spiro atoms. The number of hydrogen-bond acceptors (Lipinski definition) is 5. The van der Waals surface area contributed by atoms with Crippen LogP contribution in [0.4, 0.5) is 0 Å². The number of benzene rings is 5. The predicted octanol–water partition coefficient (Wildman–Crippen LogP) is 8.55. The largest absolute Gasteiger partial charge is 0.265 e. The Hall–Kier alpha value is -5.55. The first-order chi connectivity index (χ1) is 19.8. The van der Waals surface area contributed by atoms with E-state index in [4.69, 9.17) is 0 Å². The minimum atomic E-state index is 1.02. The average molecular weight is 516 g/mol. The lowest BCUT2D eigenvalue weighted by molar-refractivity contribution is 1.17. The fraction of sp³-hybridized carbons (Fsp3) is 0. The molecule has 5 aromatic carbocycles. The van der Waals surface area contributed by atoms with Crippen molar-refractivity contribution < 1.29 is 0 Å². The molecule has 0 aliphatic carbocycles. The first kappa shape index (κ1) is 24.8. The molecule has 0 unspecified atom stereocenters. The molecule has 0 aliphatic heterocycles. The summed E-state index contributed by atoms with van der Waals surface area (Å²) >= 11 is 0. The van der Waals surface area contributed by atoms with Crippen LogP contribution in [0.25, 0.3) is 65.7 Å². The lowest BCUT2D eigenvalue weighted by Crippen LogP contribution is -1.90. The Morgan fingerprint density at radius 2 is 0.975 bits per heavy atom. The number of rotatable bonds is 5. The lowest BCUT2D eigenvalue weighted by Gasteiger charge is -2.16. The highest BCUT2D eigenvalue weighted by Crippen LogP contribution is 2.42. The van der Waals surface area contributed by atoms with Gasteiger partial charge in [-0.1, -0.05) is 92.0 Å². The second kappa shape index (κ2) is 11.1. The molecular formula is C35H25N5. The lowest BCUT2D eigenvalue weighted by atomic mass is 9.87. The van der Waals surface area contributed by atoms with E-state index in [0.29, 0.717) is 0 Å². The Bertz CT molecular complexity index is 1950. The Labute approximate surface area is 232 Å². The zero-order valence-electron chi connectivity index (χ0n) is 21.8. The van der Waals surface area contributed by atoms with Gasteiger partial charge in [0, 0.05) is 48.3 Å². The van der Waals surface area contributed by atoms with Gasteiger partial charge >= 0.3 is 0 Å². The maximum absolute atomic E-state index is 4.23. The van der Waals surface area contributed by atoms with Crippen molar-refractivity contribution in [3.8, 4) is 33.4 Å². The van der Waals surface area contributed by atoms with Crippen LogP contribution in [0, 0.1) is 0 Å². The van der Waals surface area contributed by atoms with Gasteiger partial charge in [0.25, 0.3) is 0 Å². The Morgan fingerprint density at radius 1 is 0.500 bits per heavy atom. The topological polar surface area (TPSA) is 63.9 Å². The summed E-state index contributed by atoms with van der Waals surface area (Å²) in [5, 5.41) is 7.56. The Balaban J connectivity index is 0.000000438. The van der Waals surface area contributed by atoms with E-state index in [9.17, 15) is 0 Å². The van der Waals surface area contributed by atoms with Gasteiger partial charge < -0.3 is 0 Å². The highest BCUT2D eigenvalue weighted by atomic mass is 14.8. The first-order valence-corrected chi connectivity index (χ1v) is 12.9. The van der Waals surface area contributed by atoms with Crippen LogP contribution in [-0.4, -0.2) is 26.2 Å². The quantitative estimate of drug-likeness (QED) is 0.170. The summed E-state index contributed by atoms with van der Waals surface area (Å²) < 4.78 is 0. The summed E-state index contributed by atoms with van der Waals surface area (Å²) in [6.45, 7) is 6.75. The summed E-state index contributed by atoms with van der Waals surface area (Å²) in [4.78, 5) is 20.4. The van der Waals surface area contributed by atoms with Gasteiger partial charge in [-0.05, 0) is 54.6 Å². The molecule has 0 bridgehead atoms. The van der Waals surface area contributed by atoms with Crippen molar-refractivity contribution in [3.63, 3.8) is 0 Å². The summed E-state index contributed by atoms with van der Waals surface area (Å²) in [5.74, 6) is 0. The van der Waals surface area contributed by atoms with Crippen LogP contribution in [0.2, 0.25) is 0 Å². The van der Waals surface area contributed by atoms with Crippen molar-refractivity contribution in [2.75, 3.05) is 0 Å². The molecule has 0 saturated heterocycles. The van der Waals surface area contributed by atoms with E-state index in [2.05, 4.69) is 111 Å². The van der Waals surface area contributed by atoms with Crippen LogP contribution in [0.1, 0.15) is 0 Å². The Kier molecular flexibility index (Phi) is 6.84. The minimum Gasteiger partial charge on any atom is -0.265 e. The van der Waals surface area contributed by atoms with E-state index in [1.807, 2.05) is 24.8 Å². The van der Waals surface area contributed by atoms with Gasteiger partial charge in [-0.3, -0.25) is 4.99 Å². The Morgan fingerprint density at radius 3 is 1.48 bits per heavy atom. The maximum Gasteiger partial charge on any atom is 0.115 e. The normalized spacial score (nSPS) is 11.1. The highest BCUT2D eigenvalue weighted by molar-refractivity contribution is 6.27. The van der Waals surface area contributed by atoms with Gasteiger partial charge in [0.05, 0.1) is 0 Å². The number of hydrogen-bond donors (Lipinski definition) is 0. The SMILES string of the molecule is C=CC=NC=C.c1ncc(-c2ccc(-c3ccc4ccc5ccc(-c6cncnc6)c6ccc3c4c56)cc2)cn1. The summed E-state index contributed by atoms with van der Waals surface area (Å²) in [5.41, 5.74) is 6.73. The van der Waals surface area contributed by atoms with E-state index >= 15 is 0 Å². The zero-order chi connectivity index (χ0) is 27.3. The predicted molar refractivity (Wildman–Crippen MR) is 167 cm³/mol. The third-order valence-electron chi connectivity index (χ3n) is 6.92. The maximum atomic E-state index is 4.23. The number of aliphatic imine (C=N–C) groups is 1. The van der Waals surface area contributed by atoms with Gasteiger partial charge in [-0.15, -0.1) is 0 Å². The van der Waals surface area contributed by atoms with Gasteiger partial charge in [0.15, 0.2) is 0 Å². The van der Waals surface area contributed by atoms with Crippen LogP contribution < -0.4 is 0 Å². The first-order valence-electron chi connectivity index (χ1n) is 12.9. The molecule has 5 heteroatoms. The van der Waals surface area contributed by atoms with Crippen LogP contribution in [0.15, 0.2) is 141 Å². The van der Waals surface area contributed by atoms with Crippen molar-refractivity contribution in [1.29, 1.82) is 0 Å². The molecular weight excluding hydrogens is 490 g/mol. The third-order valence-corrected chi connectivity index (χ3v) is 6.92. The second-order valence-electron chi connectivity index (χ2n) is 9.20. The van der Waals surface area contributed by atoms with Crippen molar-refractivity contribution in [3.05, 3.63) is 136 Å². The van der Waals surface area contributed by atoms with Crippen LogP contribution in [-0.2, 0) is 0 Å².